The van der Waals surface area contributed by atoms with E-state index in [4.69, 9.17) is 4.74 Å². The zero-order chi connectivity index (χ0) is 5.28. The van der Waals surface area contributed by atoms with Gasteiger partial charge in [0.05, 0.1) is 6.04 Å². The summed E-state index contributed by atoms with van der Waals surface area (Å²) in [5.41, 5.74) is 0. The van der Waals surface area contributed by atoms with Gasteiger partial charge in [-0.3, -0.25) is 4.99 Å². The molecule has 0 spiro atoms. The summed E-state index contributed by atoms with van der Waals surface area (Å²) in [6, 6.07) is 0.361. The van der Waals surface area contributed by atoms with Crippen LogP contribution in [0.2, 0.25) is 0 Å². The van der Waals surface area contributed by atoms with E-state index in [0.717, 1.165) is 0 Å². The second-order valence-corrected chi connectivity index (χ2v) is 1.84. The summed E-state index contributed by atoms with van der Waals surface area (Å²) in [4.78, 5) is 3.97. The van der Waals surface area contributed by atoms with Crippen LogP contribution in [0.1, 0.15) is 13.8 Å². The Kier molecular flexibility index (Phi) is 1.01. The fraction of sp³-hybridized carbons (Fsp3) is 0.800. The van der Waals surface area contributed by atoms with Gasteiger partial charge < -0.3 is 4.74 Å². The van der Waals surface area contributed by atoms with E-state index in [1.807, 2.05) is 13.8 Å². The average molecular weight is 99.1 g/mol. The van der Waals surface area contributed by atoms with Crippen molar-refractivity contribution in [3.8, 4) is 0 Å². The lowest BCUT2D eigenvalue weighted by atomic mass is 10.2. The Morgan fingerprint density at radius 2 is 2.29 bits per heavy atom. The lowest BCUT2D eigenvalue weighted by Crippen LogP contribution is -2.12. The monoisotopic (exact) mass is 99.1 g/mol. The fourth-order valence-electron chi connectivity index (χ4n) is 0.462. The van der Waals surface area contributed by atoms with E-state index in [1.165, 1.54) is 6.40 Å². The maximum absolute atomic E-state index is 4.97. The Labute approximate surface area is 43.2 Å². The van der Waals surface area contributed by atoms with Crippen molar-refractivity contribution in [1.29, 1.82) is 0 Å². The number of nitrogens with zero attached hydrogens (tertiary/aromatic N) is 1. The first-order valence-corrected chi connectivity index (χ1v) is 2.48. The minimum atomic E-state index is 0.292. The molecule has 0 saturated heterocycles. The van der Waals surface area contributed by atoms with Crippen LogP contribution in [-0.4, -0.2) is 18.5 Å². The van der Waals surface area contributed by atoms with Gasteiger partial charge in [0, 0.05) is 0 Å². The molecule has 0 N–H and O–H groups in total. The van der Waals surface area contributed by atoms with E-state index in [-0.39, 0.29) is 0 Å². The van der Waals surface area contributed by atoms with Crippen LogP contribution in [0.15, 0.2) is 4.99 Å². The second-order valence-electron chi connectivity index (χ2n) is 1.84. The summed E-state index contributed by atoms with van der Waals surface area (Å²) >= 11 is 0. The highest BCUT2D eigenvalue weighted by molar-refractivity contribution is 5.49. The van der Waals surface area contributed by atoms with E-state index < -0.39 is 0 Å². The first-order chi connectivity index (χ1) is 3.30. The largest absolute Gasteiger partial charge is 0.478 e. The molecule has 0 fully saturated rings. The Morgan fingerprint density at radius 1 is 1.57 bits per heavy atom. The van der Waals surface area contributed by atoms with Crippen molar-refractivity contribution in [1.82, 2.24) is 0 Å². The van der Waals surface area contributed by atoms with E-state index in [9.17, 15) is 0 Å². The lowest BCUT2D eigenvalue weighted by molar-refractivity contribution is 0.227. The van der Waals surface area contributed by atoms with Crippen molar-refractivity contribution >= 4 is 6.40 Å². The molecule has 0 saturated carbocycles. The maximum atomic E-state index is 4.97. The number of aliphatic imine (C=N–C) groups is 1. The predicted octanol–water partition coefficient (Wildman–Crippen LogP) is 0.822. The van der Waals surface area contributed by atoms with Crippen LogP contribution < -0.4 is 0 Å². The highest BCUT2D eigenvalue weighted by atomic mass is 16.5. The molecule has 1 rings (SSSR count). The fourth-order valence-corrected chi connectivity index (χ4v) is 0.462. The molecule has 2 unspecified atom stereocenters. The minimum absolute atomic E-state index is 0.292. The third kappa shape index (κ3) is 0.734. The summed E-state index contributed by atoms with van der Waals surface area (Å²) in [6.07, 6.45) is 1.81. The number of hydrogen-bond acceptors (Lipinski definition) is 2. The average Bonchev–Trinajstić information content (AvgIpc) is 1.91. The molecule has 0 aromatic heterocycles. The van der Waals surface area contributed by atoms with Gasteiger partial charge in [-0.25, -0.2) is 0 Å². The van der Waals surface area contributed by atoms with Crippen LogP contribution in [0.4, 0.5) is 0 Å². The van der Waals surface area contributed by atoms with Crippen molar-refractivity contribution in [3.05, 3.63) is 0 Å². The van der Waals surface area contributed by atoms with Gasteiger partial charge in [0.15, 0.2) is 6.40 Å². The van der Waals surface area contributed by atoms with Gasteiger partial charge in [-0.1, -0.05) is 0 Å². The molecule has 0 aromatic carbocycles. The molecule has 0 radical (unpaired) electrons. The molecule has 1 aliphatic rings. The van der Waals surface area contributed by atoms with Gasteiger partial charge in [0.1, 0.15) is 6.10 Å². The molecular weight excluding hydrogens is 90.1 g/mol. The third-order valence-corrected chi connectivity index (χ3v) is 1.25. The molecule has 40 valence electrons. The van der Waals surface area contributed by atoms with Gasteiger partial charge in [-0.05, 0) is 13.8 Å². The van der Waals surface area contributed by atoms with Crippen molar-refractivity contribution in [2.75, 3.05) is 0 Å². The Balaban J connectivity index is 2.45. The van der Waals surface area contributed by atoms with Gasteiger partial charge in [0.2, 0.25) is 0 Å². The smallest absolute Gasteiger partial charge is 0.170 e. The highest BCUT2D eigenvalue weighted by Crippen LogP contribution is 2.05. The molecule has 2 heteroatoms. The molecule has 1 heterocycles. The predicted molar refractivity (Wildman–Crippen MR) is 28.5 cm³/mol. The van der Waals surface area contributed by atoms with Gasteiger partial charge >= 0.3 is 0 Å². The van der Waals surface area contributed by atoms with E-state index in [1.54, 1.807) is 0 Å². The number of rotatable bonds is 0. The number of hydrogen-bond donors (Lipinski definition) is 0. The number of ether oxygens (including phenoxy) is 1. The zero-order valence-corrected chi connectivity index (χ0v) is 4.59. The van der Waals surface area contributed by atoms with Crippen LogP contribution in [-0.2, 0) is 4.74 Å². The zero-order valence-electron chi connectivity index (χ0n) is 4.59. The molecule has 0 amide bonds. The van der Waals surface area contributed by atoms with Crippen LogP contribution in [0.3, 0.4) is 0 Å². The van der Waals surface area contributed by atoms with E-state index >= 15 is 0 Å². The Morgan fingerprint density at radius 3 is 2.43 bits per heavy atom. The molecule has 2 atom stereocenters. The summed E-state index contributed by atoms with van der Waals surface area (Å²) in [5, 5.41) is 0. The molecule has 0 bridgehead atoms. The quantitative estimate of drug-likeness (QED) is 0.440. The molecular formula is C5H9NO. The Bertz CT molecular complexity index is 90.1. The van der Waals surface area contributed by atoms with Crippen LogP contribution >= 0.6 is 0 Å². The first kappa shape index (κ1) is 4.62. The normalized spacial score (nSPS) is 38.6. The van der Waals surface area contributed by atoms with Crippen LogP contribution in [0.5, 0.6) is 0 Å². The van der Waals surface area contributed by atoms with Crippen molar-refractivity contribution in [2.45, 2.75) is 26.0 Å². The summed E-state index contributed by atoms with van der Waals surface area (Å²) in [5.74, 6) is 0. The summed E-state index contributed by atoms with van der Waals surface area (Å²) < 4.78 is 4.97. The lowest BCUT2D eigenvalue weighted by Gasteiger charge is -2.03. The maximum Gasteiger partial charge on any atom is 0.170 e. The molecule has 1 aliphatic heterocycles. The molecule has 2 nitrogen and oxygen atoms in total. The third-order valence-electron chi connectivity index (χ3n) is 1.25. The highest BCUT2D eigenvalue weighted by Gasteiger charge is 2.14. The topological polar surface area (TPSA) is 21.6 Å². The first-order valence-electron chi connectivity index (χ1n) is 2.48. The molecule has 0 aromatic rings. The molecule has 7 heavy (non-hydrogen) atoms. The SMILES string of the molecule is CC1N=COC1C. The summed E-state index contributed by atoms with van der Waals surface area (Å²) in [7, 11) is 0. The van der Waals surface area contributed by atoms with Crippen molar-refractivity contribution < 1.29 is 4.74 Å². The van der Waals surface area contributed by atoms with Gasteiger partial charge in [-0.2, -0.15) is 0 Å². The van der Waals surface area contributed by atoms with E-state index in [0.29, 0.717) is 12.1 Å². The Hall–Kier alpha value is -0.530. The van der Waals surface area contributed by atoms with Gasteiger partial charge in [0.25, 0.3) is 0 Å². The minimum Gasteiger partial charge on any atom is -0.478 e. The van der Waals surface area contributed by atoms with Crippen LogP contribution in [0, 0.1) is 0 Å². The second kappa shape index (κ2) is 1.52. The van der Waals surface area contributed by atoms with E-state index in [2.05, 4.69) is 4.99 Å². The van der Waals surface area contributed by atoms with Crippen LogP contribution in [0.25, 0.3) is 0 Å². The standard InChI is InChI=1S/C5H9NO/c1-4-5(2)7-3-6-4/h3-5H,1-2H3. The van der Waals surface area contributed by atoms with Crippen molar-refractivity contribution in [3.63, 3.8) is 0 Å². The summed E-state index contributed by atoms with van der Waals surface area (Å²) in [6.45, 7) is 4.05. The molecule has 0 aliphatic carbocycles. The van der Waals surface area contributed by atoms with Crippen molar-refractivity contribution in [2.24, 2.45) is 4.99 Å². The van der Waals surface area contributed by atoms with Gasteiger partial charge in [-0.15, -0.1) is 0 Å².